The molecule has 0 saturated heterocycles. The summed E-state index contributed by atoms with van der Waals surface area (Å²) in [5.74, 6) is 0. The average Bonchev–Trinajstić information content (AvgIpc) is 2.26. The number of hydrogen-bond acceptors (Lipinski definition) is 3. The Morgan fingerprint density at radius 3 is 2.35 bits per heavy atom. The highest BCUT2D eigenvalue weighted by atomic mass is 31.2. The minimum absolute atomic E-state index is 0.188. The molecule has 0 bridgehead atoms. The molecule has 0 spiro atoms. The second kappa shape index (κ2) is 5.67. The second-order valence-corrected chi connectivity index (χ2v) is 6.35. The maximum atomic E-state index is 13.5. The predicted molar refractivity (Wildman–Crippen MR) is 53.8 cm³/mol. The Kier molecular flexibility index (Phi) is 4.98. The van der Waals surface area contributed by atoms with Gasteiger partial charge in [0, 0.05) is 7.11 Å². The van der Waals surface area contributed by atoms with Crippen LogP contribution in [0.25, 0.3) is 0 Å². The first-order chi connectivity index (χ1) is 7.78. The zero-order valence-electron chi connectivity index (χ0n) is 9.37. The van der Waals surface area contributed by atoms with Crippen LogP contribution in [0.15, 0.2) is 0 Å². The second-order valence-electron chi connectivity index (χ2n) is 3.98. The summed E-state index contributed by atoms with van der Waals surface area (Å²) >= 11 is 0. The SMILES string of the molecule is COP(=O)(OCC(F)(F)F)C1CCCCC1F. The van der Waals surface area contributed by atoms with Gasteiger partial charge in [0.05, 0.1) is 5.66 Å². The van der Waals surface area contributed by atoms with Crippen LogP contribution in [0.5, 0.6) is 0 Å². The zero-order valence-corrected chi connectivity index (χ0v) is 10.3. The highest BCUT2D eigenvalue weighted by Crippen LogP contribution is 2.58. The van der Waals surface area contributed by atoms with Gasteiger partial charge in [-0.25, -0.2) is 4.39 Å². The highest BCUT2D eigenvalue weighted by Gasteiger charge is 2.44. The molecule has 0 aromatic heterocycles. The van der Waals surface area contributed by atoms with Crippen molar-refractivity contribution in [1.29, 1.82) is 0 Å². The molecule has 3 atom stereocenters. The van der Waals surface area contributed by atoms with E-state index in [0.29, 0.717) is 12.8 Å². The Balaban J connectivity index is 2.69. The van der Waals surface area contributed by atoms with Crippen molar-refractivity contribution in [1.82, 2.24) is 0 Å². The molecule has 0 N–H and O–H groups in total. The quantitative estimate of drug-likeness (QED) is 0.581. The summed E-state index contributed by atoms with van der Waals surface area (Å²) in [5, 5.41) is 0. The van der Waals surface area contributed by atoms with Gasteiger partial charge < -0.3 is 4.52 Å². The van der Waals surface area contributed by atoms with Crippen molar-refractivity contribution in [2.75, 3.05) is 13.7 Å². The molecule has 1 saturated carbocycles. The number of alkyl halides is 4. The van der Waals surface area contributed by atoms with Crippen LogP contribution in [-0.4, -0.2) is 31.7 Å². The molecule has 8 heteroatoms. The number of rotatable bonds is 4. The van der Waals surface area contributed by atoms with Crippen molar-refractivity contribution in [3.05, 3.63) is 0 Å². The average molecular weight is 278 g/mol. The molecule has 3 unspecified atom stereocenters. The topological polar surface area (TPSA) is 35.5 Å². The maximum absolute atomic E-state index is 13.5. The van der Waals surface area contributed by atoms with Crippen molar-refractivity contribution < 1.29 is 31.2 Å². The highest BCUT2D eigenvalue weighted by molar-refractivity contribution is 7.54. The van der Waals surface area contributed by atoms with E-state index in [1.165, 1.54) is 0 Å². The van der Waals surface area contributed by atoms with Gasteiger partial charge in [0.15, 0.2) is 6.61 Å². The molecular formula is C9H15F4O3P. The van der Waals surface area contributed by atoms with E-state index in [1.807, 2.05) is 0 Å². The Morgan fingerprint density at radius 1 is 1.29 bits per heavy atom. The summed E-state index contributed by atoms with van der Waals surface area (Å²) in [6.07, 6.45) is -4.36. The molecule has 0 amide bonds. The molecule has 0 radical (unpaired) electrons. The molecule has 17 heavy (non-hydrogen) atoms. The van der Waals surface area contributed by atoms with E-state index < -0.39 is 32.2 Å². The largest absolute Gasteiger partial charge is 0.412 e. The molecule has 3 nitrogen and oxygen atoms in total. The van der Waals surface area contributed by atoms with Crippen molar-refractivity contribution in [3.8, 4) is 0 Å². The van der Waals surface area contributed by atoms with Crippen molar-refractivity contribution >= 4 is 7.60 Å². The standard InChI is InChI=1S/C9H15F4O3P/c1-15-17(14,16-6-9(11,12)13)8-5-3-2-4-7(8)10/h7-8H,2-6H2,1H3. The maximum Gasteiger partial charge on any atom is 0.412 e. The third-order valence-corrected chi connectivity index (χ3v) is 5.11. The molecule has 1 aliphatic rings. The van der Waals surface area contributed by atoms with E-state index in [-0.39, 0.29) is 12.8 Å². The first-order valence-corrected chi connectivity index (χ1v) is 6.90. The van der Waals surface area contributed by atoms with Crippen molar-refractivity contribution in [3.63, 3.8) is 0 Å². The van der Waals surface area contributed by atoms with Crippen LogP contribution in [-0.2, 0) is 13.6 Å². The van der Waals surface area contributed by atoms with Crippen LogP contribution in [0, 0.1) is 0 Å². The minimum Gasteiger partial charge on any atom is -0.312 e. The summed E-state index contributed by atoms with van der Waals surface area (Å²) in [6, 6.07) is 0. The van der Waals surface area contributed by atoms with Crippen molar-refractivity contribution in [2.24, 2.45) is 0 Å². The zero-order chi connectivity index (χ0) is 13.1. The van der Waals surface area contributed by atoms with E-state index in [0.717, 1.165) is 7.11 Å². The lowest BCUT2D eigenvalue weighted by Gasteiger charge is -2.31. The summed E-state index contributed by atoms with van der Waals surface area (Å²) in [5.41, 5.74) is -1.08. The fraction of sp³-hybridized carbons (Fsp3) is 1.00. The van der Waals surface area contributed by atoms with Gasteiger partial charge in [-0.1, -0.05) is 12.8 Å². The van der Waals surface area contributed by atoms with E-state index in [4.69, 9.17) is 0 Å². The fourth-order valence-electron chi connectivity index (χ4n) is 1.87. The molecule has 1 aliphatic carbocycles. The van der Waals surface area contributed by atoms with E-state index >= 15 is 0 Å². The van der Waals surface area contributed by atoms with Gasteiger partial charge in [-0.15, -0.1) is 0 Å². The lowest BCUT2D eigenvalue weighted by molar-refractivity contribution is -0.155. The lowest BCUT2D eigenvalue weighted by atomic mass is 9.98. The van der Waals surface area contributed by atoms with Crippen LogP contribution >= 0.6 is 7.60 Å². The minimum atomic E-state index is -4.60. The van der Waals surface area contributed by atoms with Crippen molar-refractivity contribution in [2.45, 2.75) is 43.7 Å². The van der Waals surface area contributed by atoms with Crippen LogP contribution in [0.3, 0.4) is 0 Å². The molecule has 0 heterocycles. The fourth-order valence-corrected chi connectivity index (χ4v) is 3.81. The lowest BCUT2D eigenvalue weighted by Crippen LogP contribution is -2.29. The molecule has 102 valence electrons. The van der Waals surface area contributed by atoms with Crippen LogP contribution < -0.4 is 0 Å². The number of hydrogen-bond donors (Lipinski definition) is 0. The van der Waals surface area contributed by atoms with E-state index in [1.54, 1.807) is 0 Å². The molecular weight excluding hydrogens is 263 g/mol. The van der Waals surface area contributed by atoms with Crippen LogP contribution in [0.4, 0.5) is 17.6 Å². The Hall–Kier alpha value is -0.130. The Morgan fingerprint density at radius 2 is 1.88 bits per heavy atom. The van der Waals surface area contributed by atoms with Gasteiger partial charge in [-0.2, -0.15) is 13.2 Å². The Bertz CT molecular complexity index is 294. The van der Waals surface area contributed by atoms with Gasteiger partial charge in [-0.05, 0) is 12.8 Å². The first kappa shape index (κ1) is 14.9. The van der Waals surface area contributed by atoms with Gasteiger partial charge in [0.25, 0.3) is 0 Å². The van der Waals surface area contributed by atoms with Crippen LogP contribution in [0.1, 0.15) is 25.7 Å². The summed E-state index contributed by atoms with van der Waals surface area (Å²) in [4.78, 5) is 0. The molecule has 0 aliphatic heterocycles. The summed E-state index contributed by atoms with van der Waals surface area (Å²) < 4.78 is 70.4. The monoisotopic (exact) mass is 278 g/mol. The predicted octanol–water partition coefficient (Wildman–Crippen LogP) is 3.69. The van der Waals surface area contributed by atoms with Gasteiger partial charge in [0.2, 0.25) is 0 Å². The van der Waals surface area contributed by atoms with Gasteiger partial charge >= 0.3 is 13.8 Å². The molecule has 0 aromatic rings. The van der Waals surface area contributed by atoms with Gasteiger partial charge in [-0.3, -0.25) is 9.09 Å². The smallest absolute Gasteiger partial charge is 0.312 e. The van der Waals surface area contributed by atoms with Crippen LogP contribution in [0.2, 0.25) is 0 Å². The summed E-state index contributed by atoms with van der Waals surface area (Å²) in [7, 11) is -3.04. The molecule has 1 rings (SSSR count). The third-order valence-electron chi connectivity index (χ3n) is 2.72. The third kappa shape index (κ3) is 4.23. The van der Waals surface area contributed by atoms with Gasteiger partial charge in [0.1, 0.15) is 6.17 Å². The molecule has 0 aromatic carbocycles. The Labute approximate surface area is 97.0 Å². The molecule has 1 fully saturated rings. The number of halogens is 4. The van der Waals surface area contributed by atoms with E-state index in [2.05, 4.69) is 9.05 Å². The summed E-state index contributed by atoms with van der Waals surface area (Å²) in [6.45, 7) is -1.68. The van der Waals surface area contributed by atoms with E-state index in [9.17, 15) is 22.1 Å². The first-order valence-electron chi connectivity index (χ1n) is 5.29. The normalized spacial score (nSPS) is 29.9.